The number of pyridine rings is 1. The third-order valence-corrected chi connectivity index (χ3v) is 3.03. The molecule has 4 nitrogen and oxygen atoms in total. The van der Waals surface area contributed by atoms with E-state index in [-0.39, 0.29) is 0 Å². The van der Waals surface area contributed by atoms with Crippen LogP contribution in [0.15, 0.2) is 18.3 Å². The van der Waals surface area contributed by atoms with Gasteiger partial charge < -0.3 is 10.5 Å². The van der Waals surface area contributed by atoms with Gasteiger partial charge in [-0.2, -0.15) is 0 Å². The van der Waals surface area contributed by atoms with Crippen molar-refractivity contribution in [3.63, 3.8) is 0 Å². The molecule has 0 bridgehead atoms. The first-order valence-electron chi connectivity index (χ1n) is 5.73. The SMILES string of the molecule is COC1CCCN(Cc2ccc(N)cn2)C1. The predicted octanol–water partition coefficient (Wildman–Crippen LogP) is 1.27. The monoisotopic (exact) mass is 221 g/mol. The predicted molar refractivity (Wildman–Crippen MR) is 64.0 cm³/mol. The van der Waals surface area contributed by atoms with E-state index >= 15 is 0 Å². The lowest BCUT2D eigenvalue weighted by atomic mass is 10.1. The molecule has 4 heteroatoms. The number of nitrogens with two attached hydrogens (primary N) is 1. The maximum Gasteiger partial charge on any atom is 0.0698 e. The third-order valence-electron chi connectivity index (χ3n) is 3.03. The van der Waals surface area contributed by atoms with Crippen molar-refractivity contribution in [2.75, 3.05) is 25.9 Å². The highest BCUT2D eigenvalue weighted by Gasteiger charge is 2.19. The number of hydrogen-bond acceptors (Lipinski definition) is 4. The zero-order chi connectivity index (χ0) is 11.4. The molecule has 88 valence electrons. The van der Waals surface area contributed by atoms with Crippen LogP contribution in [0.1, 0.15) is 18.5 Å². The Kier molecular flexibility index (Phi) is 3.74. The lowest BCUT2D eigenvalue weighted by Crippen LogP contribution is -2.38. The van der Waals surface area contributed by atoms with Crippen LogP contribution in [0, 0.1) is 0 Å². The molecule has 0 amide bonds. The minimum absolute atomic E-state index is 0.377. The summed E-state index contributed by atoms with van der Waals surface area (Å²) in [6, 6.07) is 3.89. The van der Waals surface area contributed by atoms with Crippen LogP contribution >= 0.6 is 0 Å². The van der Waals surface area contributed by atoms with Crippen molar-refractivity contribution < 1.29 is 4.74 Å². The van der Waals surface area contributed by atoms with Crippen molar-refractivity contribution in [2.24, 2.45) is 0 Å². The Balaban J connectivity index is 1.91. The fraction of sp³-hybridized carbons (Fsp3) is 0.583. The zero-order valence-electron chi connectivity index (χ0n) is 9.72. The molecule has 1 saturated heterocycles. The molecule has 0 radical (unpaired) electrons. The number of anilines is 1. The summed E-state index contributed by atoms with van der Waals surface area (Å²) in [4.78, 5) is 6.70. The number of methoxy groups -OCH3 is 1. The molecular formula is C12H19N3O. The number of likely N-dealkylation sites (tertiary alicyclic amines) is 1. The Morgan fingerprint density at radius 3 is 3.12 bits per heavy atom. The Morgan fingerprint density at radius 1 is 1.56 bits per heavy atom. The molecule has 2 heterocycles. The van der Waals surface area contributed by atoms with Gasteiger partial charge >= 0.3 is 0 Å². The molecule has 1 aliphatic heterocycles. The van der Waals surface area contributed by atoms with Gasteiger partial charge in [0.1, 0.15) is 0 Å². The highest BCUT2D eigenvalue weighted by Crippen LogP contribution is 2.14. The minimum Gasteiger partial charge on any atom is -0.397 e. The van der Waals surface area contributed by atoms with Gasteiger partial charge in [-0.15, -0.1) is 0 Å². The maximum absolute atomic E-state index is 5.61. The van der Waals surface area contributed by atoms with Crippen molar-refractivity contribution in [1.29, 1.82) is 0 Å². The van der Waals surface area contributed by atoms with Gasteiger partial charge in [0, 0.05) is 20.2 Å². The quantitative estimate of drug-likeness (QED) is 0.835. The van der Waals surface area contributed by atoms with E-state index in [0.29, 0.717) is 6.10 Å². The molecule has 2 rings (SSSR count). The largest absolute Gasteiger partial charge is 0.397 e. The van der Waals surface area contributed by atoms with Crippen LogP contribution in [0.4, 0.5) is 5.69 Å². The lowest BCUT2D eigenvalue weighted by molar-refractivity contribution is 0.0281. The molecular weight excluding hydrogens is 202 g/mol. The van der Waals surface area contributed by atoms with Crippen molar-refractivity contribution in [2.45, 2.75) is 25.5 Å². The first kappa shape index (κ1) is 11.4. The molecule has 1 aromatic heterocycles. The Hall–Kier alpha value is -1.13. The van der Waals surface area contributed by atoms with Crippen molar-refractivity contribution in [1.82, 2.24) is 9.88 Å². The van der Waals surface area contributed by atoms with Crippen molar-refractivity contribution in [3.8, 4) is 0 Å². The summed E-state index contributed by atoms with van der Waals surface area (Å²) >= 11 is 0. The molecule has 2 N–H and O–H groups in total. The van der Waals surface area contributed by atoms with Crippen LogP contribution < -0.4 is 5.73 Å². The average molecular weight is 221 g/mol. The number of piperidine rings is 1. The molecule has 0 spiro atoms. The smallest absolute Gasteiger partial charge is 0.0698 e. The molecule has 1 aliphatic rings. The molecule has 16 heavy (non-hydrogen) atoms. The zero-order valence-corrected chi connectivity index (χ0v) is 9.72. The summed E-state index contributed by atoms with van der Waals surface area (Å²) in [6.45, 7) is 3.02. The molecule has 1 unspecified atom stereocenters. The summed E-state index contributed by atoms with van der Waals surface area (Å²) in [5.41, 5.74) is 7.40. The van der Waals surface area contributed by atoms with Crippen LogP contribution in [0.5, 0.6) is 0 Å². The van der Waals surface area contributed by atoms with Gasteiger partial charge in [0.25, 0.3) is 0 Å². The van der Waals surface area contributed by atoms with Gasteiger partial charge in [0.2, 0.25) is 0 Å². The van der Waals surface area contributed by atoms with E-state index in [4.69, 9.17) is 10.5 Å². The Labute approximate surface area is 96.4 Å². The number of nitrogen functional groups attached to an aromatic ring is 1. The molecule has 1 aromatic rings. The van der Waals surface area contributed by atoms with E-state index in [2.05, 4.69) is 9.88 Å². The second-order valence-corrected chi connectivity index (χ2v) is 4.32. The molecule has 1 atom stereocenters. The van der Waals surface area contributed by atoms with E-state index in [0.717, 1.165) is 31.0 Å². The second-order valence-electron chi connectivity index (χ2n) is 4.32. The first-order valence-corrected chi connectivity index (χ1v) is 5.73. The van der Waals surface area contributed by atoms with Crippen LogP contribution in [-0.2, 0) is 11.3 Å². The number of nitrogens with zero attached hydrogens (tertiary/aromatic N) is 2. The summed E-state index contributed by atoms with van der Waals surface area (Å²) < 4.78 is 5.40. The van der Waals surface area contributed by atoms with Crippen molar-refractivity contribution >= 4 is 5.69 Å². The summed E-state index contributed by atoms with van der Waals surface area (Å²) in [5, 5.41) is 0. The van der Waals surface area contributed by atoms with Gasteiger partial charge in [-0.1, -0.05) is 0 Å². The summed E-state index contributed by atoms with van der Waals surface area (Å²) in [6.07, 6.45) is 4.46. The first-order chi connectivity index (χ1) is 7.78. The Morgan fingerprint density at radius 2 is 2.44 bits per heavy atom. The molecule has 1 fully saturated rings. The summed E-state index contributed by atoms with van der Waals surface area (Å²) in [7, 11) is 1.79. The van der Waals surface area contributed by atoms with Gasteiger partial charge in [-0.3, -0.25) is 9.88 Å². The van der Waals surface area contributed by atoms with E-state index in [1.807, 2.05) is 12.1 Å². The number of ether oxygens (including phenoxy) is 1. The van der Waals surface area contributed by atoms with E-state index < -0.39 is 0 Å². The van der Waals surface area contributed by atoms with E-state index in [1.54, 1.807) is 13.3 Å². The Bertz CT molecular complexity index is 326. The van der Waals surface area contributed by atoms with Crippen LogP contribution in [0.25, 0.3) is 0 Å². The topological polar surface area (TPSA) is 51.4 Å². The number of aromatic nitrogens is 1. The molecule has 0 aromatic carbocycles. The van der Waals surface area contributed by atoms with Crippen LogP contribution in [-0.4, -0.2) is 36.2 Å². The van der Waals surface area contributed by atoms with Crippen LogP contribution in [0.2, 0.25) is 0 Å². The standard InChI is InChI=1S/C12H19N3O/c1-16-12-3-2-6-15(9-12)8-11-5-4-10(13)7-14-11/h4-5,7,12H,2-3,6,8-9,13H2,1H3. The van der Waals surface area contributed by atoms with Crippen molar-refractivity contribution in [3.05, 3.63) is 24.0 Å². The van der Waals surface area contributed by atoms with E-state index in [1.165, 1.54) is 12.8 Å². The molecule has 0 saturated carbocycles. The maximum atomic E-state index is 5.61. The van der Waals surface area contributed by atoms with E-state index in [9.17, 15) is 0 Å². The minimum atomic E-state index is 0.377. The normalized spacial score (nSPS) is 22.2. The van der Waals surface area contributed by atoms with Gasteiger partial charge in [0.15, 0.2) is 0 Å². The molecule has 0 aliphatic carbocycles. The number of hydrogen-bond donors (Lipinski definition) is 1. The summed E-state index contributed by atoms with van der Waals surface area (Å²) in [5.74, 6) is 0. The van der Waals surface area contributed by atoms with Crippen LogP contribution in [0.3, 0.4) is 0 Å². The average Bonchev–Trinajstić information content (AvgIpc) is 2.32. The van der Waals surface area contributed by atoms with Gasteiger partial charge in [-0.05, 0) is 31.5 Å². The highest BCUT2D eigenvalue weighted by atomic mass is 16.5. The fourth-order valence-corrected chi connectivity index (χ4v) is 2.11. The third kappa shape index (κ3) is 2.93. The fourth-order valence-electron chi connectivity index (χ4n) is 2.11. The highest BCUT2D eigenvalue weighted by molar-refractivity contribution is 5.34. The lowest BCUT2D eigenvalue weighted by Gasteiger charge is -2.31. The second kappa shape index (κ2) is 5.27. The van der Waals surface area contributed by atoms with Gasteiger partial charge in [-0.25, -0.2) is 0 Å². The van der Waals surface area contributed by atoms with Gasteiger partial charge in [0.05, 0.1) is 23.7 Å². The number of rotatable bonds is 3.